The molecule has 1 aromatic rings. The van der Waals surface area contributed by atoms with Crippen molar-refractivity contribution >= 4 is 17.6 Å². The maximum absolute atomic E-state index is 13.0. The lowest BCUT2D eigenvalue weighted by Gasteiger charge is -2.32. The van der Waals surface area contributed by atoms with Crippen molar-refractivity contribution in [3.63, 3.8) is 0 Å². The van der Waals surface area contributed by atoms with E-state index in [1.807, 2.05) is 0 Å². The zero-order valence-corrected chi connectivity index (χ0v) is 12.4. The maximum Gasteiger partial charge on any atom is 0.392 e. The average Bonchev–Trinajstić information content (AvgIpc) is 2.48. The highest BCUT2D eigenvalue weighted by Gasteiger charge is 2.48. The molecule has 23 heavy (non-hydrogen) atoms. The summed E-state index contributed by atoms with van der Waals surface area (Å²) in [5.41, 5.74) is 0.928. The maximum atomic E-state index is 13.0. The van der Waals surface area contributed by atoms with E-state index < -0.39 is 29.9 Å². The lowest BCUT2D eigenvalue weighted by molar-refractivity contribution is -0.197. The average molecular weight is 329 g/mol. The van der Waals surface area contributed by atoms with Gasteiger partial charge in [-0.25, -0.2) is 0 Å². The van der Waals surface area contributed by atoms with Crippen LogP contribution in [-0.4, -0.2) is 23.2 Å². The van der Waals surface area contributed by atoms with Crippen molar-refractivity contribution < 1.29 is 27.9 Å². The summed E-state index contributed by atoms with van der Waals surface area (Å²) in [6, 6.07) is 6.07. The molecule has 2 rings (SSSR count). The number of nitrogens with one attached hydrogen (secondary N) is 1. The molecule has 0 aliphatic heterocycles. The number of carboxylic acids is 1. The van der Waals surface area contributed by atoms with Crippen LogP contribution in [0.5, 0.6) is 0 Å². The van der Waals surface area contributed by atoms with Gasteiger partial charge in [0, 0.05) is 11.6 Å². The van der Waals surface area contributed by atoms with Crippen LogP contribution < -0.4 is 5.32 Å². The summed E-state index contributed by atoms with van der Waals surface area (Å²) < 4.78 is 39.1. The number of hydrogen-bond acceptors (Lipinski definition) is 2. The summed E-state index contributed by atoms with van der Waals surface area (Å²) in [5.74, 6) is -4.26. The summed E-state index contributed by atoms with van der Waals surface area (Å²) in [5, 5.41) is 11.2. The predicted octanol–water partition coefficient (Wildman–Crippen LogP) is 3.62. The quantitative estimate of drug-likeness (QED) is 0.886. The molecule has 1 aliphatic carbocycles. The number of anilines is 1. The van der Waals surface area contributed by atoms with Crippen LogP contribution in [0.4, 0.5) is 18.9 Å². The van der Waals surface area contributed by atoms with Gasteiger partial charge in [-0.3, -0.25) is 9.59 Å². The molecule has 4 nitrogen and oxygen atoms in total. The van der Waals surface area contributed by atoms with Crippen molar-refractivity contribution in [1.29, 1.82) is 0 Å². The fourth-order valence-corrected chi connectivity index (χ4v) is 2.95. The number of carboxylic acid groups (broad SMARTS) is 1. The molecule has 2 unspecified atom stereocenters. The third-order valence-electron chi connectivity index (χ3n) is 4.10. The van der Waals surface area contributed by atoms with Crippen molar-refractivity contribution in [2.24, 2.45) is 11.8 Å². The summed E-state index contributed by atoms with van der Waals surface area (Å²) in [4.78, 5) is 22.8. The molecule has 0 aromatic heterocycles. The summed E-state index contributed by atoms with van der Waals surface area (Å²) >= 11 is 0. The van der Waals surface area contributed by atoms with E-state index in [2.05, 4.69) is 5.32 Å². The van der Waals surface area contributed by atoms with Crippen LogP contribution in [0.25, 0.3) is 0 Å². The first-order chi connectivity index (χ1) is 10.8. The normalized spacial score (nSPS) is 21.7. The van der Waals surface area contributed by atoms with Gasteiger partial charge in [-0.2, -0.15) is 13.2 Å². The van der Waals surface area contributed by atoms with E-state index in [0.29, 0.717) is 24.1 Å². The Balaban J connectivity index is 2.03. The molecule has 0 spiro atoms. The molecular weight excluding hydrogens is 311 g/mol. The summed E-state index contributed by atoms with van der Waals surface area (Å²) in [7, 11) is 0. The Labute approximate surface area is 131 Å². The minimum atomic E-state index is -4.37. The predicted molar refractivity (Wildman–Crippen MR) is 77.9 cm³/mol. The van der Waals surface area contributed by atoms with Crippen LogP contribution in [0.1, 0.15) is 31.2 Å². The smallest absolute Gasteiger partial charge is 0.392 e. The fraction of sp³-hybridized carbons (Fsp3) is 0.500. The first kappa shape index (κ1) is 17.3. The number of carbonyl (C=O) groups is 2. The van der Waals surface area contributed by atoms with Crippen LogP contribution in [0, 0.1) is 11.8 Å². The Morgan fingerprint density at radius 3 is 2.30 bits per heavy atom. The zero-order chi connectivity index (χ0) is 17.0. The zero-order valence-electron chi connectivity index (χ0n) is 12.4. The van der Waals surface area contributed by atoms with E-state index in [1.54, 1.807) is 0 Å². The highest BCUT2D eigenvalue weighted by Crippen LogP contribution is 2.41. The largest absolute Gasteiger partial charge is 0.481 e. The highest BCUT2D eigenvalue weighted by molar-refractivity contribution is 5.92. The molecule has 1 fully saturated rings. The molecule has 0 heterocycles. The molecule has 2 N–H and O–H groups in total. The number of amides is 1. The minimum Gasteiger partial charge on any atom is -0.481 e. The number of carbonyl (C=O) groups excluding carboxylic acids is 1. The first-order valence-electron chi connectivity index (χ1n) is 7.45. The van der Waals surface area contributed by atoms with Crippen molar-refractivity contribution in [2.45, 2.75) is 38.3 Å². The Hall–Kier alpha value is -2.05. The molecule has 1 amide bonds. The fourth-order valence-electron chi connectivity index (χ4n) is 2.95. The molecule has 1 aliphatic rings. The number of rotatable bonds is 4. The monoisotopic (exact) mass is 329 g/mol. The second-order valence-corrected chi connectivity index (χ2v) is 5.80. The standard InChI is InChI=1S/C16H18F3NO3/c17-16(18,19)13-4-2-1-3-12(13)15(23)20-11-7-5-10(6-8-11)9-14(21)22/h5-8,12-13H,1-4,9H2,(H,20,23)(H,21,22). The molecule has 1 aromatic carbocycles. The van der Waals surface area contributed by atoms with Crippen LogP contribution in [0.15, 0.2) is 24.3 Å². The third-order valence-corrected chi connectivity index (χ3v) is 4.10. The Morgan fingerprint density at radius 1 is 1.13 bits per heavy atom. The molecule has 0 saturated heterocycles. The van der Waals surface area contributed by atoms with E-state index in [1.165, 1.54) is 24.3 Å². The van der Waals surface area contributed by atoms with Gasteiger partial charge in [-0.15, -0.1) is 0 Å². The Kier molecular flexibility index (Phi) is 5.28. The lowest BCUT2D eigenvalue weighted by atomic mass is 9.78. The first-order valence-corrected chi connectivity index (χ1v) is 7.45. The Bertz CT molecular complexity index is 569. The van der Waals surface area contributed by atoms with Gasteiger partial charge >= 0.3 is 12.1 Å². The molecule has 1 saturated carbocycles. The second kappa shape index (κ2) is 7.02. The van der Waals surface area contributed by atoms with Gasteiger partial charge < -0.3 is 10.4 Å². The number of alkyl halides is 3. The van der Waals surface area contributed by atoms with Gasteiger partial charge in [0.15, 0.2) is 0 Å². The number of benzene rings is 1. The molecule has 0 bridgehead atoms. The molecule has 0 radical (unpaired) electrons. The van der Waals surface area contributed by atoms with E-state index in [9.17, 15) is 22.8 Å². The van der Waals surface area contributed by atoms with E-state index >= 15 is 0 Å². The SMILES string of the molecule is O=C(O)Cc1ccc(NC(=O)C2CCCCC2C(F)(F)F)cc1. The van der Waals surface area contributed by atoms with Gasteiger partial charge in [-0.1, -0.05) is 25.0 Å². The van der Waals surface area contributed by atoms with Gasteiger partial charge in [-0.05, 0) is 30.5 Å². The second-order valence-electron chi connectivity index (χ2n) is 5.80. The van der Waals surface area contributed by atoms with E-state index in [-0.39, 0.29) is 19.3 Å². The molecular formula is C16H18F3NO3. The molecule has 2 atom stereocenters. The van der Waals surface area contributed by atoms with Crippen molar-refractivity contribution in [3.8, 4) is 0 Å². The summed E-state index contributed by atoms with van der Waals surface area (Å²) in [6.07, 6.45) is -3.20. The van der Waals surface area contributed by atoms with Gasteiger partial charge in [0.25, 0.3) is 0 Å². The lowest BCUT2D eigenvalue weighted by Crippen LogP contribution is -2.39. The minimum absolute atomic E-state index is 0.0147. The van der Waals surface area contributed by atoms with Crippen molar-refractivity contribution in [2.75, 3.05) is 5.32 Å². The molecule has 126 valence electrons. The highest BCUT2D eigenvalue weighted by atomic mass is 19.4. The van der Waals surface area contributed by atoms with Gasteiger partial charge in [0.05, 0.1) is 12.3 Å². The van der Waals surface area contributed by atoms with Crippen molar-refractivity contribution in [3.05, 3.63) is 29.8 Å². The van der Waals surface area contributed by atoms with Crippen molar-refractivity contribution in [1.82, 2.24) is 0 Å². The van der Waals surface area contributed by atoms with Crippen LogP contribution in [0.2, 0.25) is 0 Å². The summed E-state index contributed by atoms with van der Waals surface area (Å²) in [6.45, 7) is 0. The topological polar surface area (TPSA) is 66.4 Å². The van der Waals surface area contributed by atoms with Gasteiger partial charge in [0.2, 0.25) is 5.91 Å². The Morgan fingerprint density at radius 2 is 1.74 bits per heavy atom. The number of aliphatic carboxylic acids is 1. The van der Waals surface area contributed by atoms with Crippen LogP contribution in [0.3, 0.4) is 0 Å². The van der Waals surface area contributed by atoms with Crippen LogP contribution in [-0.2, 0) is 16.0 Å². The number of hydrogen-bond donors (Lipinski definition) is 2. The molecule has 7 heteroatoms. The van der Waals surface area contributed by atoms with Gasteiger partial charge in [0.1, 0.15) is 0 Å². The third kappa shape index (κ3) is 4.71. The van der Waals surface area contributed by atoms with Crippen LogP contribution >= 0.6 is 0 Å². The number of halogens is 3. The van der Waals surface area contributed by atoms with E-state index in [0.717, 1.165) is 0 Å². The van der Waals surface area contributed by atoms with E-state index in [4.69, 9.17) is 5.11 Å².